The topological polar surface area (TPSA) is 48.0 Å². The summed E-state index contributed by atoms with van der Waals surface area (Å²) in [5, 5.41) is 0. The first-order valence-corrected chi connectivity index (χ1v) is 5.38. The van der Waals surface area contributed by atoms with Crippen LogP contribution in [0.5, 0.6) is 0 Å². The fourth-order valence-electron chi connectivity index (χ4n) is 2.06. The zero-order chi connectivity index (χ0) is 10.5. The number of amides is 1. The van der Waals surface area contributed by atoms with E-state index in [0.29, 0.717) is 5.69 Å². The van der Waals surface area contributed by atoms with Gasteiger partial charge in [-0.2, -0.15) is 0 Å². The average molecular weight is 257 g/mol. The summed E-state index contributed by atoms with van der Waals surface area (Å²) in [6.07, 6.45) is 0.987. The molecule has 1 amide bonds. The Kier molecular flexibility index (Phi) is 2.00. The van der Waals surface area contributed by atoms with Gasteiger partial charge in [-0.25, -0.2) is 0 Å². The van der Waals surface area contributed by atoms with Gasteiger partial charge in [-0.05, 0) is 33.8 Å². The number of primary amides is 1. The number of rotatable bonds is 1. The van der Waals surface area contributed by atoms with Crippen molar-refractivity contribution in [2.75, 3.05) is 0 Å². The first-order chi connectivity index (χ1) is 6.41. The fourth-order valence-corrected chi connectivity index (χ4v) is 2.63. The number of hydrogen-bond acceptors (Lipinski definition) is 1. The smallest absolute Gasteiger partial charge is 0.265 e. The minimum Gasteiger partial charge on any atom is -0.364 e. The van der Waals surface area contributed by atoms with Crippen LogP contribution < -0.4 is 5.73 Å². The monoisotopic (exact) mass is 256 g/mol. The van der Waals surface area contributed by atoms with Crippen LogP contribution >= 0.6 is 15.9 Å². The van der Waals surface area contributed by atoms with E-state index in [1.54, 1.807) is 0 Å². The van der Waals surface area contributed by atoms with Crippen LogP contribution in [0.15, 0.2) is 10.5 Å². The van der Waals surface area contributed by atoms with Gasteiger partial charge in [0.05, 0.1) is 0 Å². The van der Waals surface area contributed by atoms with E-state index in [0.717, 1.165) is 17.4 Å². The fraction of sp³-hybridized carbons (Fsp3) is 0.500. The molecule has 0 unspecified atom stereocenters. The lowest BCUT2D eigenvalue weighted by molar-refractivity contribution is 0.0990. The standard InChI is InChI=1S/C10H13BrN2O/c1-10(2)4-8-6(11)3-7(9(12)14)13(8)5-10/h3H,4-5H2,1-2H3,(H2,12,14). The second kappa shape index (κ2) is 2.86. The van der Waals surface area contributed by atoms with E-state index in [1.165, 1.54) is 5.69 Å². The van der Waals surface area contributed by atoms with Crippen molar-refractivity contribution in [2.24, 2.45) is 11.1 Å². The highest BCUT2D eigenvalue weighted by Crippen LogP contribution is 2.37. The van der Waals surface area contributed by atoms with Crippen LogP contribution in [0.25, 0.3) is 0 Å². The Labute approximate surface area is 91.4 Å². The van der Waals surface area contributed by atoms with Crippen molar-refractivity contribution in [3.05, 3.63) is 21.9 Å². The third-order valence-electron chi connectivity index (χ3n) is 2.64. The van der Waals surface area contributed by atoms with E-state index in [9.17, 15) is 4.79 Å². The van der Waals surface area contributed by atoms with Crippen LogP contribution in [0, 0.1) is 5.41 Å². The zero-order valence-corrected chi connectivity index (χ0v) is 9.89. The first kappa shape index (κ1) is 9.77. The Morgan fingerprint density at radius 3 is 2.86 bits per heavy atom. The molecule has 0 saturated heterocycles. The highest BCUT2D eigenvalue weighted by molar-refractivity contribution is 9.10. The van der Waals surface area contributed by atoms with Crippen molar-refractivity contribution in [1.29, 1.82) is 0 Å². The van der Waals surface area contributed by atoms with Gasteiger partial charge in [0.15, 0.2) is 0 Å². The molecule has 1 aromatic heterocycles. The van der Waals surface area contributed by atoms with Crippen molar-refractivity contribution in [1.82, 2.24) is 4.57 Å². The molecular weight excluding hydrogens is 244 g/mol. The summed E-state index contributed by atoms with van der Waals surface area (Å²) in [4.78, 5) is 11.2. The number of halogens is 1. The number of fused-ring (bicyclic) bond motifs is 1. The first-order valence-electron chi connectivity index (χ1n) is 4.58. The SMILES string of the molecule is CC1(C)Cc2c(Br)cc(C(N)=O)n2C1. The molecule has 0 bridgehead atoms. The molecule has 2 heterocycles. The molecule has 3 nitrogen and oxygen atoms in total. The molecule has 0 spiro atoms. The van der Waals surface area contributed by atoms with Crippen LogP contribution in [-0.4, -0.2) is 10.5 Å². The largest absolute Gasteiger partial charge is 0.364 e. The summed E-state index contributed by atoms with van der Waals surface area (Å²) >= 11 is 3.46. The molecule has 14 heavy (non-hydrogen) atoms. The van der Waals surface area contributed by atoms with Gasteiger partial charge in [-0.3, -0.25) is 4.79 Å². The van der Waals surface area contributed by atoms with E-state index in [2.05, 4.69) is 29.8 Å². The van der Waals surface area contributed by atoms with Crippen molar-refractivity contribution in [3.8, 4) is 0 Å². The van der Waals surface area contributed by atoms with E-state index in [1.807, 2.05) is 10.6 Å². The summed E-state index contributed by atoms with van der Waals surface area (Å²) in [6, 6.07) is 1.81. The molecule has 0 saturated carbocycles. The van der Waals surface area contributed by atoms with Crippen LogP contribution in [0.1, 0.15) is 30.0 Å². The van der Waals surface area contributed by atoms with Crippen molar-refractivity contribution in [3.63, 3.8) is 0 Å². The molecule has 0 fully saturated rings. The predicted molar refractivity (Wildman–Crippen MR) is 58.1 cm³/mol. The maximum atomic E-state index is 11.2. The molecule has 4 heteroatoms. The summed E-state index contributed by atoms with van der Waals surface area (Å²) in [5.74, 6) is -0.352. The summed E-state index contributed by atoms with van der Waals surface area (Å²) in [6.45, 7) is 5.25. The molecule has 0 aromatic carbocycles. The molecule has 0 atom stereocenters. The third-order valence-corrected chi connectivity index (χ3v) is 3.33. The molecule has 1 aliphatic heterocycles. The molecule has 1 aliphatic rings. The average Bonchev–Trinajstić information content (AvgIpc) is 2.47. The van der Waals surface area contributed by atoms with Gasteiger partial charge in [0.2, 0.25) is 0 Å². The Hall–Kier alpha value is -0.770. The van der Waals surface area contributed by atoms with Crippen LogP contribution in [0.4, 0.5) is 0 Å². The third kappa shape index (κ3) is 1.38. The Balaban J connectivity index is 2.52. The molecule has 0 radical (unpaired) electrons. The maximum Gasteiger partial charge on any atom is 0.265 e. The molecule has 1 aromatic rings. The van der Waals surface area contributed by atoms with Gasteiger partial charge >= 0.3 is 0 Å². The molecular formula is C10H13BrN2O. The summed E-state index contributed by atoms with van der Waals surface area (Å²) < 4.78 is 3.02. The number of nitrogens with zero attached hydrogens (tertiary/aromatic N) is 1. The van der Waals surface area contributed by atoms with Gasteiger partial charge in [0.1, 0.15) is 5.69 Å². The quantitative estimate of drug-likeness (QED) is 0.821. The highest BCUT2D eigenvalue weighted by atomic mass is 79.9. The Morgan fingerprint density at radius 1 is 1.64 bits per heavy atom. The lowest BCUT2D eigenvalue weighted by Crippen LogP contribution is -2.19. The van der Waals surface area contributed by atoms with Gasteiger partial charge < -0.3 is 10.3 Å². The maximum absolute atomic E-state index is 11.2. The second-order valence-corrected chi connectivity index (χ2v) is 5.47. The zero-order valence-electron chi connectivity index (χ0n) is 8.30. The van der Waals surface area contributed by atoms with Gasteiger partial charge in [0, 0.05) is 16.7 Å². The van der Waals surface area contributed by atoms with Crippen LogP contribution in [0.2, 0.25) is 0 Å². The minimum absolute atomic E-state index is 0.226. The number of carbonyl (C=O) groups is 1. The lowest BCUT2D eigenvalue weighted by atomic mass is 9.91. The van der Waals surface area contributed by atoms with Crippen LogP contribution in [-0.2, 0) is 13.0 Å². The van der Waals surface area contributed by atoms with Gasteiger partial charge in [0.25, 0.3) is 5.91 Å². The lowest BCUT2D eigenvalue weighted by Gasteiger charge is -2.15. The molecule has 76 valence electrons. The predicted octanol–water partition coefficient (Wildman–Crippen LogP) is 1.93. The van der Waals surface area contributed by atoms with Crippen molar-refractivity contribution < 1.29 is 4.79 Å². The van der Waals surface area contributed by atoms with Crippen molar-refractivity contribution >= 4 is 21.8 Å². The van der Waals surface area contributed by atoms with E-state index < -0.39 is 0 Å². The van der Waals surface area contributed by atoms with E-state index in [-0.39, 0.29) is 11.3 Å². The Bertz CT molecular complexity index is 406. The summed E-state index contributed by atoms with van der Waals surface area (Å²) in [7, 11) is 0. The van der Waals surface area contributed by atoms with Crippen LogP contribution in [0.3, 0.4) is 0 Å². The Morgan fingerprint density at radius 2 is 2.29 bits per heavy atom. The number of aromatic nitrogens is 1. The van der Waals surface area contributed by atoms with Gasteiger partial charge in [-0.15, -0.1) is 0 Å². The summed E-state index contributed by atoms with van der Waals surface area (Å²) in [5.41, 5.74) is 7.33. The number of carbonyl (C=O) groups excluding carboxylic acids is 1. The van der Waals surface area contributed by atoms with Crippen molar-refractivity contribution in [2.45, 2.75) is 26.8 Å². The second-order valence-electron chi connectivity index (χ2n) is 4.62. The minimum atomic E-state index is -0.352. The normalized spacial score (nSPS) is 18.2. The van der Waals surface area contributed by atoms with E-state index >= 15 is 0 Å². The van der Waals surface area contributed by atoms with E-state index in [4.69, 9.17) is 5.73 Å². The highest BCUT2D eigenvalue weighted by Gasteiger charge is 2.32. The molecule has 2 rings (SSSR count). The number of nitrogens with two attached hydrogens (primary N) is 1. The van der Waals surface area contributed by atoms with Gasteiger partial charge in [-0.1, -0.05) is 13.8 Å². The molecule has 2 N–H and O–H groups in total. The number of hydrogen-bond donors (Lipinski definition) is 1. The molecule has 0 aliphatic carbocycles.